The zero-order valence-corrected chi connectivity index (χ0v) is 14.0. The molecule has 1 amide bonds. The van der Waals surface area contributed by atoms with Gasteiger partial charge in [-0.3, -0.25) is 4.79 Å². The number of nitrogens with zero attached hydrogens (tertiary/aromatic N) is 3. The van der Waals surface area contributed by atoms with Crippen LogP contribution in [-0.2, 0) is 13.5 Å². The molecule has 120 valence electrons. The smallest absolute Gasteiger partial charge is 0.263 e. The Morgan fingerprint density at radius 3 is 2.78 bits per heavy atom. The fourth-order valence-electron chi connectivity index (χ4n) is 2.56. The minimum atomic E-state index is -0.329. The van der Waals surface area contributed by atoms with Crippen LogP contribution in [0.25, 0.3) is 11.0 Å². The molecule has 1 N–H and O–H groups in total. The van der Waals surface area contributed by atoms with Crippen LogP contribution in [0.5, 0.6) is 0 Å². The zero-order chi connectivity index (χ0) is 16.6. The molecule has 0 aliphatic rings. The summed E-state index contributed by atoms with van der Waals surface area (Å²) in [7, 11) is 1.85. The van der Waals surface area contributed by atoms with E-state index >= 15 is 0 Å². The molecule has 0 bridgehead atoms. The van der Waals surface area contributed by atoms with E-state index < -0.39 is 0 Å². The first-order valence-electron chi connectivity index (χ1n) is 7.29. The number of hydrogen-bond donors (Lipinski definition) is 1. The number of benzene rings is 1. The van der Waals surface area contributed by atoms with Crippen LogP contribution in [0.3, 0.4) is 0 Å². The third kappa shape index (κ3) is 2.96. The fourth-order valence-corrected chi connectivity index (χ4v) is 3.40. The van der Waals surface area contributed by atoms with Gasteiger partial charge in [0.25, 0.3) is 5.91 Å². The van der Waals surface area contributed by atoms with Crippen molar-refractivity contribution in [2.45, 2.75) is 20.3 Å². The van der Waals surface area contributed by atoms with Crippen LogP contribution in [0.1, 0.15) is 26.2 Å². The molecule has 2 heterocycles. The average molecular weight is 332 g/mol. The summed E-state index contributed by atoms with van der Waals surface area (Å²) in [5.41, 5.74) is 1.86. The van der Waals surface area contributed by atoms with Gasteiger partial charge in [0.05, 0.1) is 16.2 Å². The van der Waals surface area contributed by atoms with E-state index in [0.29, 0.717) is 23.4 Å². The number of para-hydroxylation sites is 1. The summed E-state index contributed by atoms with van der Waals surface area (Å²) in [5.74, 6) is 0.282. The van der Waals surface area contributed by atoms with Gasteiger partial charge in [0, 0.05) is 20.0 Å². The number of rotatable bonds is 4. The molecule has 0 radical (unpaired) electrons. The number of thiazole rings is 1. The summed E-state index contributed by atoms with van der Waals surface area (Å²) in [4.78, 5) is 21.4. The van der Waals surface area contributed by atoms with Crippen LogP contribution >= 0.6 is 11.3 Å². The highest BCUT2D eigenvalue weighted by atomic mass is 32.1. The SMILES string of the molecule is Cc1nc(C)c(C(=O)NCCc2nc3c(F)cccc3n2C)s1. The molecule has 3 aromatic rings. The monoisotopic (exact) mass is 332 g/mol. The van der Waals surface area contributed by atoms with Crippen molar-refractivity contribution in [1.29, 1.82) is 0 Å². The van der Waals surface area contributed by atoms with Gasteiger partial charge in [-0.2, -0.15) is 0 Å². The number of nitrogens with one attached hydrogen (secondary N) is 1. The minimum Gasteiger partial charge on any atom is -0.351 e. The maximum atomic E-state index is 13.7. The Hall–Kier alpha value is -2.28. The quantitative estimate of drug-likeness (QED) is 0.799. The first-order valence-corrected chi connectivity index (χ1v) is 8.11. The van der Waals surface area contributed by atoms with E-state index in [0.717, 1.165) is 22.0 Å². The van der Waals surface area contributed by atoms with E-state index in [1.165, 1.54) is 17.4 Å². The molecule has 0 aliphatic carbocycles. The Morgan fingerprint density at radius 2 is 2.13 bits per heavy atom. The molecule has 0 spiro atoms. The van der Waals surface area contributed by atoms with Crippen molar-refractivity contribution in [2.24, 2.45) is 7.05 Å². The second-order valence-electron chi connectivity index (χ2n) is 5.35. The van der Waals surface area contributed by atoms with Gasteiger partial charge in [-0.15, -0.1) is 11.3 Å². The second kappa shape index (κ2) is 6.08. The third-order valence-electron chi connectivity index (χ3n) is 3.70. The van der Waals surface area contributed by atoms with Crippen molar-refractivity contribution < 1.29 is 9.18 Å². The van der Waals surface area contributed by atoms with E-state index in [1.54, 1.807) is 6.07 Å². The predicted octanol–water partition coefficient (Wildman–Crippen LogP) is 2.76. The summed E-state index contributed by atoms with van der Waals surface area (Å²) in [6, 6.07) is 4.90. The molecular weight excluding hydrogens is 315 g/mol. The lowest BCUT2D eigenvalue weighted by molar-refractivity contribution is 0.0957. The van der Waals surface area contributed by atoms with Gasteiger partial charge in [0.1, 0.15) is 16.2 Å². The number of halogens is 1. The number of aryl methyl sites for hydroxylation is 3. The second-order valence-corrected chi connectivity index (χ2v) is 6.55. The van der Waals surface area contributed by atoms with Gasteiger partial charge >= 0.3 is 0 Å². The number of fused-ring (bicyclic) bond motifs is 1. The van der Waals surface area contributed by atoms with Crippen LogP contribution in [-0.4, -0.2) is 27.0 Å². The number of amides is 1. The summed E-state index contributed by atoms with van der Waals surface area (Å²) in [5, 5.41) is 3.75. The van der Waals surface area contributed by atoms with Crippen molar-refractivity contribution >= 4 is 28.3 Å². The van der Waals surface area contributed by atoms with Crippen molar-refractivity contribution in [3.05, 3.63) is 45.4 Å². The van der Waals surface area contributed by atoms with E-state index in [2.05, 4.69) is 15.3 Å². The lowest BCUT2D eigenvalue weighted by Gasteiger charge is -2.04. The highest BCUT2D eigenvalue weighted by molar-refractivity contribution is 7.13. The maximum Gasteiger partial charge on any atom is 0.263 e. The molecule has 0 aliphatic heterocycles. The van der Waals surface area contributed by atoms with Crippen LogP contribution < -0.4 is 5.32 Å². The Bertz CT molecular complexity index is 884. The summed E-state index contributed by atoms with van der Waals surface area (Å²) in [6.45, 7) is 4.14. The molecule has 0 saturated carbocycles. The molecule has 0 fully saturated rings. The van der Waals surface area contributed by atoms with Gasteiger partial charge in [0.15, 0.2) is 5.82 Å². The molecule has 3 rings (SSSR count). The standard InChI is InChI=1S/C16H17FN4OS/c1-9-15(23-10(2)19-9)16(22)18-8-7-13-20-14-11(17)5-4-6-12(14)21(13)3/h4-6H,7-8H2,1-3H3,(H,18,22). The van der Waals surface area contributed by atoms with Gasteiger partial charge in [-0.1, -0.05) is 6.07 Å². The Labute approximate surface area is 137 Å². The number of aromatic nitrogens is 3. The summed E-state index contributed by atoms with van der Waals surface area (Å²) >= 11 is 1.38. The van der Waals surface area contributed by atoms with Gasteiger partial charge in [-0.25, -0.2) is 14.4 Å². The Morgan fingerprint density at radius 1 is 1.35 bits per heavy atom. The van der Waals surface area contributed by atoms with Gasteiger partial charge < -0.3 is 9.88 Å². The van der Waals surface area contributed by atoms with Crippen LogP contribution in [0.15, 0.2) is 18.2 Å². The minimum absolute atomic E-state index is 0.127. The topological polar surface area (TPSA) is 59.8 Å². The van der Waals surface area contributed by atoms with E-state index in [9.17, 15) is 9.18 Å². The van der Waals surface area contributed by atoms with Crippen molar-refractivity contribution in [3.63, 3.8) is 0 Å². The molecule has 5 nitrogen and oxygen atoms in total. The number of imidazole rings is 1. The summed E-state index contributed by atoms with van der Waals surface area (Å²) in [6.07, 6.45) is 0.535. The number of carbonyl (C=O) groups excluding carboxylic acids is 1. The van der Waals surface area contributed by atoms with Crippen LogP contribution in [0.2, 0.25) is 0 Å². The summed E-state index contributed by atoms with van der Waals surface area (Å²) < 4.78 is 15.6. The molecule has 23 heavy (non-hydrogen) atoms. The average Bonchev–Trinajstić information content (AvgIpc) is 3.01. The lowest BCUT2D eigenvalue weighted by atomic mass is 10.3. The first-order chi connectivity index (χ1) is 11.0. The molecular formula is C16H17FN4OS. The van der Waals surface area contributed by atoms with Crippen molar-refractivity contribution in [1.82, 2.24) is 19.9 Å². The molecule has 1 aromatic carbocycles. The van der Waals surface area contributed by atoms with Crippen LogP contribution in [0.4, 0.5) is 4.39 Å². The predicted molar refractivity (Wildman–Crippen MR) is 88.3 cm³/mol. The van der Waals surface area contributed by atoms with E-state index in [1.807, 2.05) is 31.5 Å². The van der Waals surface area contributed by atoms with E-state index in [4.69, 9.17) is 0 Å². The number of carbonyl (C=O) groups is 1. The molecule has 0 unspecified atom stereocenters. The van der Waals surface area contributed by atoms with Gasteiger partial charge in [-0.05, 0) is 26.0 Å². The molecule has 2 aromatic heterocycles. The zero-order valence-electron chi connectivity index (χ0n) is 13.2. The lowest BCUT2D eigenvalue weighted by Crippen LogP contribution is -2.26. The highest BCUT2D eigenvalue weighted by Gasteiger charge is 2.14. The normalized spacial score (nSPS) is 11.1. The third-order valence-corrected chi connectivity index (χ3v) is 4.77. The van der Waals surface area contributed by atoms with Crippen molar-refractivity contribution in [2.75, 3.05) is 6.54 Å². The largest absolute Gasteiger partial charge is 0.351 e. The highest BCUT2D eigenvalue weighted by Crippen LogP contribution is 2.19. The maximum absolute atomic E-state index is 13.7. The van der Waals surface area contributed by atoms with Crippen molar-refractivity contribution in [3.8, 4) is 0 Å². The Kier molecular flexibility index (Phi) is 4.12. The van der Waals surface area contributed by atoms with E-state index in [-0.39, 0.29) is 11.7 Å². The fraction of sp³-hybridized carbons (Fsp3) is 0.312. The van der Waals surface area contributed by atoms with Crippen LogP contribution in [0, 0.1) is 19.7 Å². The molecule has 0 saturated heterocycles. The number of hydrogen-bond acceptors (Lipinski definition) is 4. The molecule has 0 atom stereocenters. The molecule has 7 heteroatoms. The van der Waals surface area contributed by atoms with Gasteiger partial charge in [0.2, 0.25) is 0 Å². The first kappa shape index (κ1) is 15.6. The Balaban J connectivity index is 1.69.